The first-order valence-electron chi connectivity index (χ1n) is 7.10. The highest BCUT2D eigenvalue weighted by atomic mass is 35.5. The third-order valence-electron chi connectivity index (χ3n) is 3.46. The second-order valence-corrected chi connectivity index (χ2v) is 5.49. The van der Waals surface area contributed by atoms with Gasteiger partial charge in [0.25, 0.3) is 0 Å². The molecule has 1 N–H and O–H groups in total. The average Bonchev–Trinajstić information content (AvgIpc) is 2.55. The van der Waals surface area contributed by atoms with E-state index in [4.69, 9.17) is 11.6 Å². The SMILES string of the molecule is O=C(CCc1ccc(Cl)cc1)Nc1cccc2cccnc12. The van der Waals surface area contributed by atoms with Crippen LogP contribution >= 0.6 is 11.6 Å². The Bertz CT molecular complexity index is 794. The molecule has 3 rings (SSSR count). The van der Waals surface area contributed by atoms with Gasteiger partial charge in [0.1, 0.15) is 0 Å². The molecule has 2 aromatic carbocycles. The number of nitrogens with one attached hydrogen (secondary N) is 1. The summed E-state index contributed by atoms with van der Waals surface area (Å²) in [7, 11) is 0. The van der Waals surface area contributed by atoms with Crippen molar-refractivity contribution in [3.63, 3.8) is 0 Å². The number of anilines is 1. The van der Waals surface area contributed by atoms with Gasteiger partial charge in [-0.3, -0.25) is 9.78 Å². The van der Waals surface area contributed by atoms with Crippen LogP contribution in [0.1, 0.15) is 12.0 Å². The van der Waals surface area contributed by atoms with E-state index in [1.54, 1.807) is 6.20 Å². The molecule has 1 aromatic heterocycles. The lowest BCUT2D eigenvalue weighted by atomic mass is 10.1. The number of hydrogen-bond acceptors (Lipinski definition) is 2. The highest BCUT2D eigenvalue weighted by Gasteiger charge is 2.07. The molecule has 3 aromatic rings. The molecule has 4 heteroatoms. The van der Waals surface area contributed by atoms with Gasteiger partial charge in [-0.25, -0.2) is 0 Å². The van der Waals surface area contributed by atoms with Gasteiger partial charge in [-0.2, -0.15) is 0 Å². The van der Waals surface area contributed by atoms with Crippen LogP contribution < -0.4 is 5.32 Å². The van der Waals surface area contributed by atoms with Crippen molar-refractivity contribution in [3.05, 3.63) is 71.4 Å². The fourth-order valence-electron chi connectivity index (χ4n) is 2.33. The quantitative estimate of drug-likeness (QED) is 0.773. The van der Waals surface area contributed by atoms with Gasteiger partial charge >= 0.3 is 0 Å². The molecule has 0 saturated heterocycles. The largest absolute Gasteiger partial charge is 0.324 e. The van der Waals surface area contributed by atoms with E-state index in [0.717, 1.165) is 22.2 Å². The van der Waals surface area contributed by atoms with Crippen LogP contribution in [0.5, 0.6) is 0 Å². The van der Waals surface area contributed by atoms with E-state index < -0.39 is 0 Å². The second kappa shape index (κ2) is 6.58. The van der Waals surface area contributed by atoms with Crippen LogP contribution in [-0.4, -0.2) is 10.9 Å². The fraction of sp³-hybridized carbons (Fsp3) is 0.111. The number of carbonyl (C=O) groups is 1. The van der Waals surface area contributed by atoms with E-state index in [-0.39, 0.29) is 5.91 Å². The highest BCUT2D eigenvalue weighted by Crippen LogP contribution is 2.21. The van der Waals surface area contributed by atoms with Crippen molar-refractivity contribution in [3.8, 4) is 0 Å². The summed E-state index contributed by atoms with van der Waals surface area (Å²) >= 11 is 5.85. The van der Waals surface area contributed by atoms with Gasteiger partial charge in [0.05, 0.1) is 11.2 Å². The highest BCUT2D eigenvalue weighted by molar-refractivity contribution is 6.30. The number of hydrogen-bond donors (Lipinski definition) is 1. The van der Waals surface area contributed by atoms with E-state index in [9.17, 15) is 4.79 Å². The maximum Gasteiger partial charge on any atom is 0.224 e. The predicted octanol–water partition coefficient (Wildman–Crippen LogP) is 4.46. The number of aromatic nitrogens is 1. The van der Waals surface area contributed by atoms with E-state index in [1.807, 2.05) is 54.6 Å². The van der Waals surface area contributed by atoms with E-state index in [0.29, 0.717) is 17.9 Å². The molecule has 0 atom stereocenters. The molecule has 110 valence electrons. The van der Waals surface area contributed by atoms with E-state index in [1.165, 1.54) is 0 Å². The first kappa shape index (κ1) is 14.5. The third-order valence-corrected chi connectivity index (χ3v) is 3.71. The molecule has 0 unspecified atom stereocenters. The van der Waals surface area contributed by atoms with Crippen molar-refractivity contribution in [2.24, 2.45) is 0 Å². The minimum absolute atomic E-state index is 0.0203. The van der Waals surface area contributed by atoms with Crippen molar-refractivity contribution in [1.29, 1.82) is 0 Å². The number of halogens is 1. The molecule has 0 radical (unpaired) electrons. The predicted molar refractivity (Wildman–Crippen MR) is 90.1 cm³/mol. The summed E-state index contributed by atoms with van der Waals surface area (Å²) in [5, 5.41) is 4.65. The number of nitrogens with zero attached hydrogens (tertiary/aromatic N) is 1. The Kier molecular flexibility index (Phi) is 4.35. The number of fused-ring (bicyclic) bond motifs is 1. The molecule has 0 saturated carbocycles. The molecular weight excluding hydrogens is 296 g/mol. The zero-order valence-corrected chi connectivity index (χ0v) is 12.7. The van der Waals surface area contributed by atoms with Crippen molar-refractivity contribution >= 4 is 34.1 Å². The van der Waals surface area contributed by atoms with Crippen molar-refractivity contribution in [2.75, 3.05) is 5.32 Å². The molecule has 0 aliphatic rings. The Hall–Kier alpha value is -2.39. The molecule has 0 bridgehead atoms. The van der Waals surface area contributed by atoms with Crippen LogP contribution in [0.15, 0.2) is 60.8 Å². The topological polar surface area (TPSA) is 42.0 Å². The van der Waals surface area contributed by atoms with Crippen LogP contribution in [0.2, 0.25) is 5.02 Å². The Morgan fingerprint density at radius 3 is 2.64 bits per heavy atom. The van der Waals surface area contributed by atoms with E-state index in [2.05, 4.69) is 10.3 Å². The summed E-state index contributed by atoms with van der Waals surface area (Å²) in [6.07, 6.45) is 2.83. The summed E-state index contributed by atoms with van der Waals surface area (Å²) in [6.45, 7) is 0. The number of rotatable bonds is 4. The summed E-state index contributed by atoms with van der Waals surface area (Å²) in [5.74, 6) is -0.0203. The zero-order valence-electron chi connectivity index (χ0n) is 11.9. The molecule has 1 heterocycles. The van der Waals surface area contributed by atoms with Crippen LogP contribution in [-0.2, 0) is 11.2 Å². The van der Waals surface area contributed by atoms with Gasteiger partial charge in [0, 0.05) is 23.0 Å². The smallest absolute Gasteiger partial charge is 0.224 e. The molecule has 0 aliphatic heterocycles. The molecule has 22 heavy (non-hydrogen) atoms. The summed E-state index contributed by atoms with van der Waals surface area (Å²) in [5.41, 5.74) is 2.65. The van der Waals surface area contributed by atoms with Gasteiger partial charge in [0.2, 0.25) is 5.91 Å². The number of pyridine rings is 1. The lowest BCUT2D eigenvalue weighted by molar-refractivity contribution is -0.116. The van der Waals surface area contributed by atoms with Crippen molar-refractivity contribution in [1.82, 2.24) is 4.98 Å². The minimum Gasteiger partial charge on any atom is -0.324 e. The van der Waals surface area contributed by atoms with Gasteiger partial charge < -0.3 is 5.32 Å². The molecule has 1 amide bonds. The van der Waals surface area contributed by atoms with Gasteiger partial charge in [0.15, 0.2) is 0 Å². The minimum atomic E-state index is -0.0203. The van der Waals surface area contributed by atoms with Crippen LogP contribution in [0.25, 0.3) is 10.9 Å². The Balaban J connectivity index is 1.67. The lowest BCUT2D eigenvalue weighted by Crippen LogP contribution is -2.12. The van der Waals surface area contributed by atoms with Gasteiger partial charge in [-0.1, -0.05) is 41.9 Å². The Morgan fingerprint density at radius 2 is 1.82 bits per heavy atom. The fourth-order valence-corrected chi connectivity index (χ4v) is 2.45. The lowest BCUT2D eigenvalue weighted by Gasteiger charge is -2.08. The maximum absolute atomic E-state index is 12.1. The monoisotopic (exact) mass is 310 g/mol. The Morgan fingerprint density at radius 1 is 1.05 bits per heavy atom. The standard InChI is InChI=1S/C18H15ClN2O/c19-15-9-6-13(7-10-15)8-11-17(22)21-16-5-1-3-14-4-2-12-20-18(14)16/h1-7,9-10,12H,8,11H2,(H,21,22). The summed E-state index contributed by atoms with van der Waals surface area (Å²) < 4.78 is 0. The summed E-state index contributed by atoms with van der Waals surface area (Å²) in [4.78, 5) is 16.5. The number of para-hydroxylation sites is 1. The van der Waals surface area contributed by atoms with Gasteiger partial charge in [-0.15, -0.1) is 0 Å². The Labute approximate surface area is 133 Å². The number of amides is 1. The zero-order chi connectivity index (χ0) is 15.4. The van der Waals surface area contributed by atoms with Crippen LogP contribution in [0, 0.1) is 0 Å². The number of carbonyl (C=O) groups excluding carboxylic acids is 1. The molecule has 3 nitrogen and oxygen atoms in total. The first-order valence-corrected chi connectivity index (χ1v) is 7.48. The third kappa shape index (κ3) is 3.43. The van der Waals surface area contributed by atoms with E-state index >= 15 is 0 Å². The van der Waals surface area contributed by atoms with Gasteiger partial charge in [-0.05, 0) is 36.2 Å². The summed E-state index contributed by atoms with van der Waals surface area (Å²) in [6, 6.07) is 17.2. The van der Waals surface area contributed by atoms with Crippen LogP contribution in [0.4, 0.5) is 5.69 Å². The van der Waals surface area contributed by atoms with Crippen molar-refractivity contribution in [2.45, 2.75) is 12.8 Å². The average molecular weight is 311 g/mol. The number of benzene rings is 2. The molecule has 0 fully saturated rings. The normalized spacial score (nSPS) is 10.6. The number of aryl methyl sites for hydroxylation is 1. The molecule has 0 spiro atoms. The molecular formula is C18H15ClN2O. The second-order valence-electron chi connectivity index (χ2n) is 5.06. The first-order chi connectivity index (χ1) is 10.7. The molecule has 0 aliphatic carbocycles. The maximum atomic E-state index is 12.1. The van der Waals surface area contributed by atoms with Crippen molar-refractivity contribution < 1.29 is 4.79 Å². The van der Waals surface area contributed by atoms with Crippen LogP contribution in [0.3, 0.4) is 0 Å².